The number of rotatable bonds is 42. The molecule has 3 atom stereocenters. The van der Waals surface area contributed by atoms with Gasteiger partial charge in [0.2, 0.25) is 5.91 Å². The number of likely N-dealkylation sites (N-methyl/N-ethyl adjacent to an activating group) is 1. The molecule has 0 fully saturated rings. The first kappa shape index (κ1) is 55.5. The Balaban J connectivity index is 4.32. The molecule has 57 heavy (non-hydrogen) atoms. The average Bonchev–Trinajstić information content (AvgIpc) is 3.16. The van der Waals surface area contributed by atoms with Gasteiger partial charge in [0.15, 0.2) is 0 Å². The number of nitrogens with one attached hydrogen (secondary N) is 1. The smallest absolute Gasteiger partial charge is 0.268 e. The number of amides is 1. The van der Waals surface area contributed by atoms with E-state index in [1.807, 2.05) is 27.2 Å². The summed E-state index contributed by atoms with van der Waals surface area (Å²) in [7, 11) is 1.25. The molecule has 3 unspecified atom stereocenters. The lowest BCUT2D eigenvalue weighted by Crippen LogP contribution is -2.45. The van der Waals surface area contributed by atoms with E-state index in [-0.39, 0.29) is 19.1 Å². The van der Waals surface area contributed by atoms with Crippen LogP contribution in [0.5, 0.6) is 0 Å². The van der Waals surface area contributed by atoms with Gasteiger partial charge in [-0.3, -0.25) is 9.36 Å². The highest BCUT2D eigenvalue weighted by molar-refractivity contribution is 7.45. The van der Waals surface area contributed by atoms with E-state index >= 15 is 0 Å². The molecule has 0 aromatic carbocycles. The Morgan fingerprint density at radius 2 is 1.02 bits per heavy atom. The van der Waals surface area contributed by atoms with Crippen LogP contribution in [0.15, 0.2) is 48.6 Å². The predicted molar refractivity (Wildman–Crippen MR) is 242 cm³/mol. The minimum Gasteiger partial charge on any atom is -0.756 e. The summed E-state index contributed by atoms with van der Waals surface area (Å²) < 4.78 is 23.2. The van der Waals surface area contributed by atoms with E-state index in [0.717, 1.165) is 57.8 Å². The van der Waals surface area contributed by atoms with Crippen molar-refractivity contribution in [2.75, 3.05) is 40.9 Å². The van der Waals surface area contributed by atoms with Crippen LogP contribution in [0.3, 0.4) is 0 Å². The standard InChI is InChI=1S/C48H91N2O6P/c1-6-8-10-12-14-16-18-20-21-22-23-24-25-26-27-28-29-30-32-34-36-38-40-42-48(52)49-46(45-56-57(53,54)55-44-43-50(3,4)5)47(51)41-39-37-35-33-31-19-17-15-13-11-9-7-2/h18,20,22-23,25-26,39,41,46-47,51H,6-17,19,21,24,27-38,40,42-45H2,1-5H3,(H-,49,52,53,54)/b20-18-,23-22-,26-25-,41-39+. The zero-order valence-corrected chi connectivity index (χ0v) is 38.7. The minimum atomic E-state index is -4.59. The number of phosphoric acid groups is 1. The maximum atomic E-state index is 12.9. The van der Waals surface area contributed by atoms with Crippen LogP contribution >= 0.6 is 7.82 Å². The van der Waals surface area contributed by atoms with Gasteiger partial charge in [-0.1, -0.05) is 184 Å². The number of quaternary nitrogens is 1. The molecule has 1 amide bonds. The van der Waals surface area contributed by atoms with Crippen LogP contribution in [0.25, 0.3) is 0 Å². The lowest BCUT2D eigenvalue weighted by atomic mass is 10.0. The summed E-state index contributed by atoms with van der Waals surface area (Å²) in [4.78, 5) is 25.3. The molecule has 0 spiro atoms. The quantitative estimate of drug-likeness (QED) is 0.0275. The number of nitrogens with zero attached hydrogens (tertiary/aromatic N) is 1. The van der Waals surface area contributed by atoms with Gasteiger partial charge >= 0.3 is 0 Å². The van der Waals surface area contributed by atoms with Crippen molar-refractivity contribution < 1.29 is 32.9 Å². The number of carbonyl (C=O) groups is 1. The molecule has 0 saturated carbocycles. The van der Waals surface area contributed by atoms with Gasteiger partial charge in [-0.2, -0.15) is 0 Å². The monoisotopic (exact) mass is 823 g/mol. The summed E-state index contributed by atoms with van der Waals surface area (Å²) in [5.41, 5.74) is 0. The Bertz CT molecular complexity index is 1070. The van der Waals surface area contributed by atoms with Gasteiger partial charge in [-0.15, -0.1) is 0 Å². The van der Waals surface area contributed by atoms with Gasteiger partial charge in [0.05, 0.1) is 39.9 Å². The molecule has 0 rings (SSSR count). The number of aliphatic hydroxyl groups is 1. The summed E-state index contributed by atoms with van der Waals surface area (Å²) in [6.07, 6.45) is 50.1. The highest BCUT2D eigenvalue weighted by atomic mass is 31.2. The molecule has 0 heterocycles. The molecule has 2 N–H and O–H groups in total. The van der Waals surface area contributed by atoms with Crippen LogP contribution < -0.4 is 10.2 Å². The van der Waals surface area contributed by atoms with Crippen molar-refractivity contribution in [3.8, 4) is 0 Å². The first-order valence-electron chi connectivity index (χ1n) is 23.5. The van der Waals surface area contributed by atoms with Crippen LogP contribution in [0.1, 0.15) is 200 Å². The third-order valence-electron chi connectivity index (χ3n) is 10.3. The summed E-state index contributed by atoms with van der Waals surface area (Å²) in [6, 6.07) is -0.890. The molecule has 334 valence electrons. The highest BCUT2D eigenvalue weighted by Crippen LogP contribution is 2.38. The van der Waals surface area contributed by atoms with Crippen LogP contribution in [0, 0.1) is 0 Å². The topological polar surface area (TPSA) is 108 Å². The lowest BCUT2D eigenvalue weighted by Gasteiger charge is -2.29. The molecular weight excluding hydrogens is 732 g/mol. The van der Waals surface area contributed by atoms with E-state index in [0.29, 0.717) is 17.4 Å². The average molecular weight is 823 g/mol. The summed E-state index contributed by atoms with van der Waals surface area (Å²) in [5.74, 6) is -0.207. The minimum absolute atomic E-state index is 0.00402. The van der Waals surface area contributed by atoms with Crippen molar-refractivity contribution in [3.05, 3.63) is 48.6 Å². The van der Waals surface area contributed by atoms with Gasteiger partial charge in [-0.05, 0) is 57.8 Å². The Morgan fingerprint density at radius 1 is 0.614 bits per heavy atom. The largest absolute Gasteiger partial charge is 0.756 e. The number of hydrogen-bond acceptors (Lipinski definition) is 6. The van der Waals surface area contributed by atoms with Gasteiger partial charge in [0.1, 0.15) is 13.2 Å². The molecule has 0 aliphatic carbocycles. The van der Waals surface area contributed by atoms with Crippen LogP contribution in [0.4, 0.5) is 0 Å². The number of allylic oxidation sites excluding steroid dienone is 7. The van der Waals surface area contributed by atoms with Gasteiger partial charge in [-0.25, -0.2) is 0 Å². The highest BCUT2D eigenvalue weighted by Gasteiger charge is 2.23. The van der Waals surface area contributed by atoms with E-state index in [4.69, 9.17) is 9.05 Å². The molecule has 0 aromatic rings. The Hall–Kier alpha value is -1.54. The number of carbonyl (C=O) groups excluding carboxylic acids is 1. The van der Waals surface area contributed by atoms with Crippen LogP contribution in [-0.4, -0.2) is 68.5 Å². The van der Waals surface area contributed by atoms with E-state index in [2.05, 4.69) is 55.6 Å². The summed E-state index contributed by atoms with van der Waals surface area (Å²) in [6.45, 7) is 4.61. The first-order chi connectivity index (χ1) is 27.5. The molecule has 8 nitrogen and oxygen atoms in total. The predicted octanol–water partition coefficient (Wildman–Crippen LogP) is 12.6. The Kier molecular flexibility index (Phi) is 38.8. The number of unbranched alkanes of at least 4 members (excludes halogenated alkanes) is 23. The lowest BCUT2D eigenvalue weighted by molar-refractivity contribution is -0.870. The first-order valence-corrected chi connectivity index (χ1v) is 25.0. The third kappa shape index (κ3) is 42.4. The second-order valence-electron chi connectivity index (χ2n) is 17.1. The Morgan fingerprint density at radius 3 is 1.47 bits per heavy atom. The molecule has 0 radical (unpaired) electrons. The number of hydrogen-bond donors (Lipinski definition) is 2. The van der Waals surface area contributed by atoms with E-state index in [1.54, 1.807) is 6.08 Å². The van der Waals surface area contributed by atoms with Crippen molar-refractivity contribution in [2.45, 2.75) is 212 Å². The normalized spacial score (nSPS) is 14.7. The van der Waals surface area contributed by atoms with E-state index in [1.165, 1.54) is 122 Å². The SMILES string of the molecule is CCCCCCC/C=C\C/C=C\C/C=C\CCCCCCCCCCC(=O)NC(COP(=O)([O-])OCC[N+](C)(C)C)C(O)/C=C/CCCCCCCCCCCC. The molecule has 9 heteroatoms. The Labute approximate surface area is 352 Å². The van der Waals surface area contributed by atoms with Gasteiger partial charge in [0, 0.05) is 6.42 Å². The summed E-state index contributed by atoms with van der Waals surface area (Å²) in [5, 5.41) is 13.8. The maximum absolute atomic E-state index is 12.9. The van der Waals surface area contributed by atoms with E-state index < -0.39 is 20.0 Å². The van der Waals surface area contributed by atoms with Crippen molar-refractivity contribution in [1.29, 1.82) is 0 Å². The fourth-order valence-corrected chi connectivity index (χ4v) is 7.23. The fourth-order valence-electron chi connectivity index (χ4n) is 6.51. The van der Waals surface area contributed by atoms with Crippen molar-refractivity contribution >= 4 is 13.7 Å². The second-order valence-corrected chi connectivity index (χ2v) is 18.5. The molecular formula is C48H91N2O6P. The van der Waals surface area contributed by atoms with E-state index in [9.17, 15) is 19.4 Å². The van der Waals surface area contributed by atoms with Crippen molar-refractivity contribution in [1.82, 2.24) is 5.32 Å². The zero-order chi connectivity index (χ0) is 42.1. The molecule has 0 aliphatic heterocycles. The van der Waals surface area contributed by atoms with Gasteiger partial charge in [0.25, 0.3) is 7.82 Å². The zero-order valence-electron chi connectivity index (χ0n) is 37.8. The summed E-state index contributed by atoms with van der Waals surface area (Å²) >= 11 is 0. The number of phosphoric ester groups is 1. The van der Waals surface area contributed by atoms with Crippen molar-refractivity contribution in [3.63, 3.8) is 0 Å². The second kappa shape index (κ2) is 39.9. The van der Waals surface area contributed by atoms with Crippen LogP contribution in [-0.2, 0) is 18.4 Å². The third-order valence-corrected chi connectivity index (χ3v) is 11.2. The maximum Gasteiger partial charge on any atom is 0.268 e. The van der Waals surface area contributed by atoms with Gasteiger partial charge < -0.3 is 28.8 Å². The fraction of sp³-hybridized carbons (Fsp3) is 0.812. The molecule has 0 aromatic heterocycles. The molecule has 0 aliphatic rings. The molecule has 0 bridgehead atoms. The number of aliphatic hydroxyl groups excluding tert-OH is 1. The van der Waals surface area contributed by atoms with Crippen LogP contribution in [0.2, 0.25) is 0 Å². The molecule has 0 saturated heterocycles. The van der Waals surface area contributed by atoms with Crippen molar-refractivity contribution in [2.24, 2.45) is 0 Å².